The Morgan fingerprint density at radius 2 is 1.23 bits per heavy atom. The van der Waals surface area contributed by atoms with Gasteiger partial charge in [0, 0.05) is 0 Å². The van der Waals surface area contributed by atoms with Gasteiger partial charge in [0.1, 0.15) is 0 Å². The summed E-state index contributed by atoms with van der Waals surface area (Å²) in [5.41, 5.74) is 0. The molecule has 0 saturated carbocycles. The second-order valence-electron chi connectivity index (χ2n) is 8.08. The largest absolute Gasteiger partial charge is 0.303 e. The van der Waals surface area contributed by atoms with E-state index < -0.39 is 43.2 Å². The van der Waals surface area contributed by atoms with Crippen LogP contribution in [0.15, 0.2) is 9.79 Å². The van der Waals surface area contributed by atoms with E-state index in [2.05, 4.69) is 11.1 Å². The molecule has 0 unspecified atom stereocenters. The zero-order valence-corrected chi connectivity index (χ0v) is 20.2. The third-order valence-electron chi connectivity index (χ3n) is 4.73. The minimum Gasteiger partial charge on any atom is -0.266 e. The Morgan fingerprint density at radius 1 is 0.774 bits per heavy atom. The maximum Gasteiger partial charge on any atom is 0.303 e. The van der Waals surface area contributed by atoms with Crippen molar-refractivity contribution in [3.05, 3.63) is 23.3 Å². The van der Waals surface area contributed by atoms with Crippen LogP contribution in [0.5, 0.6) is 0 Å². The molecule has 0 fully saturated rings. The maximum atomic E-state index is 14.3. The van der Waals surface area contributed by atoms with Gasteiger partial charge in [0.25, 0.3) is 0 Å². The highest BCUT2D eigenvalue weighted by molar-refractivity contribution is 7.99. The summed E-state index contributed by atoms with van der Waals surface area (Å²) in [5.74, 6) is -7.29. The molecule has 0 aliphatic carbocycles. The van der Waals surface area contributed by atoms with Crippen LogP contribution in [0.4, 0.5) is 17.6 Å². The standard InChI is InChI=1S/C22H34F4O3S2/c1-4-5-6-7-8-9-10-11-12-13-14-30-21-17(23)19(25)22(20(26)18(21)24)31(27,28)29-15-16(2)3/h16H,4-15H2,1-3H3. The molecule has 0 spiro atoms. The number of benzene rings is 1. The van der Waals surface area contributed by atoms with E-state index in [0.717, 1.165) is 25.7 Å². The van der Waals surface area contributed by atoms with Crippen molar-refractivity contribution in [2.45, 2.75) is 94.8 Å². The molecule has 0 bridgehead atoms. The minimum atomic E-state index is -4.96. The summed E-state index contributed by atoms with van der Waals surface area (Å²) < 4.78 is 85.7. The van der Waals surface area contributed by atoms with Crippen molar-refractivity contribution in [3.63, 3.8) is 0 Å². The fraction of sp³-hybridized carbons (Fsp3) is 0.727. The number of hydrogen-bond donors (Lipinski definition) is 0. The molecule has 1 rings (SSSR count). The molecule has 0 aliphatic rings. The first-order chi connectivity index (χ1) is 14.6. The van der Waals surface area contributed by atoms with Gasteiger partial charge in [-0.3, -0.25) is 4.18 Å². The lowest BCUT2D eigenvalue weighted by Gasteiger charge is -2.13. The molecule has 0 aliphatic heterocycles. The molecule has 0 atom stereocenters. The molecular formula is C22H34F4O3S2. The van der Waals surface area contributed by atoms with Gasteiger partial charge in [-0.25, -0.2) is 17.6 Å². The number of unbranched alkanes of at least 4 members (excludes halogenated alkanes) is 9. The average Bonchev–Trinajstić information content (AvgIpc) is 2.71. The molecule has 0 aromatic heterocycles. The average molecular weight is 487 g/mol. The number of halogens is 4. The molecule has 1 aromatic rings. The predicted molar refractivity (Wildman–Crippen MR) is 117 cm³/mol. The zero-order chi connectivity index (χ0) is 23.4. The number of thioether (sulfide) groups is 1. The highest BCUT2D eigenvalue weighted by Gasteiger charge is 2.34. The van der Waals surface area contributed by atoms with E-state index in [-0.39, 0.29) is 18.3 Å². The Kier molecular flexibility index (Phi) is 13.1. The molecule has 0 saturated heterocycles. The minimum absolute atomic E-state index is 0.258. The van der Waals surface area contributed by atoms with Gasteiger partial charge in [0.05, 0.1) is 11.5 Å². The fourth-order valence-corrected chi connectivity index (χ4v) is 5.16. The molecule has 1 aromatic carbocycles. The predicted octanol–water partition coefficient (Wildman–Crippen LogP) is 7.62. The molecule has 0 N–H and O–H groups in total. The van der Waals surface area contributed by atoms with Gasteiger partial charge in [-0.15, -0.1) is 11.8 Å². The Morgan fingerprint density at radius 3 is 1.68 bits per heavy atom. The molecule has 0 heterocycles. The maximum absolute atomic E-state index is 14.3. The Balaban J connectivity index is 2.60. The van der Waals surface area contributed by atoms with Gasteiger partial charge >= 0.3 is 10.1 Å². The van der Waals surface area contributed by atoms with Crippen LogP contribution in [-0.4, -0.2) is 20.8 Å². The third-order valence-corrected chi connectivity index (χ3v) is 7.18. The Bertz CT molecular complexity index is 754. The van der Waals surface area contributed by atoms with E-state index in [1.807, 2.05) is 0 Å². The van der Waals surface area contributed by atoms with Gasteiger partial charge < -0.3 is 0 Å². The van der Waals surface area contributed by atoms with E-state index in [1.165, 1.54) is 32.1 Å². The first-order valence-electron chi connectivity index (χ1n) is 11.0. The van der Waals surface area contributed by atoms with Crippen LogP contribution in [0, 0.1) is 29.2 Å². The quantitative estimate of drug-likeness (QED) is 0.0792. The van der Waals surface area contributed by atoms with Gasteiger partial charge in [0.2, 0.25) is 0 Å². The van der Waals surface area contributed by atoms with Crippen LogP contribution in [0.3, 0.4) is 0 Å². The third kappa shape index (κ3) is 9.30. The Labute approximate surface area is 188 Å². The fourth-order valence-electron chi connectivity index (χ4n) is 2.99. The van der Waals surface area contributed by atoms with E-state index in [9.17, 15) is 26.0 Å². The molecular weight excluding hydrogens is 452 g/mol. The summed E-state index contributed by atoms with van der Waals surface area (Å²) in [6.45, 7) is 5.06. The van der Waals surface area contributed by atoms with Crippen molar-refractivity contribution in [1.82, 2.24) is 0 Å². The summed E-state index contributed by atoms with van der Waals surface area (Å²) in [6.07, 6.45) is 10.9. The van der Waals surface area contributed by atoms with Crippen molar-refractivity contribution in [3.8, 4) is 0 Å². The summed E-state index contributed by atoms with van der Waals surface area (Å²) in [7, 11) is -4.96. The molecule has 0 radical (unpaired) electrons. The van der Waals surface area contributed by atoms with Gasteiger partial charge in [-0.2, -0.15) is 8.42 Å². The van der Waals surface area contributed by atoms with Crippen molar-refractivity contribution in [1.29, 1.82) is 0 Å². The summed E-state index contributed by atoms with van der Waals surface area (Å²) in [5, 5.41) is 0. The van der Waals surface area contributed by atoms with E-state index >= 15 is 0 Å². The lowest BCUT2D eigenvalue weighted by atomic mass is 10.1. The normalized spacial score (nSPS) is 12.1. The van der Waals surface area contributed by atoms with Gasteiger partial charge in [-0.05, 0) is 18.1 Å². The summed E-state index contributed by atoms with van der Waals surface area (Å²) >= 11 is 0.651. The molecule has 0 amide bonds. The second kappa shape index (κ2) is 14.4. The molecule has 31 heavy (non-hydrogen) atoms. The van der Waals surface area contributed by atoms with Crippen LogP contribution in [0.2, 0.25) is 0 Å². The molecule has 9 heteroatoms. The van der Waals surface area contributed by atoms with Crippen molar-refractivity contribution in [2.75, 3.05) is 12.4 Å². The molecule has 3 nitrogen and oxygen atoms in total. The van der Waals surface area contributed by atoms with E-state index in [4.69, 9.17) is 0 Å². The monoisotopic (exact) mass is 486 g/mol. The lowest BCUT2D eigenvalue weighted by Crippen LogP contribution is -2.17. The smallest absolute Gasteiger partial charge is 0.266 e. The summed E-state index contributed by atoms with van der Waals surface area (Å²) in [6, 6.07) is 0. The number of hydrogen-bond acceptors (Lipinski definition) is 4. The van der Waals surface area contributed by atoms with Crippen molar-refractivity contribution >= 4 is 21.9 Å². The molecule has 180 valence electrons. The van der Waals surface area contributed by atoms with Gasteiger partial charge in [0.15, 0.2) is 28.2 Å². The summed E-state index contributed by atoms with van der Waals surface area (Å²) in [4.78, 5) is -2.56. The second-order valence-corrected chi connectivity index (χ2v) is 10.7. The van der Waals surface area contributed by atoms with Crippen LogP contribution in [0.25, 0.3) is 0 Å². The highest BCUT2D eigenvalue weighted by Crippen LogP contribution is 2.34. The van der Waals surface area contributed by atoms with Crippen LogP contribution >= 0.6 is 11.8 Å². The number of rotatable bonds is 16. The lowest BCUT2D eigenvalue weighted by molar-refractivity contribution is 0.269. The Hall–Kier alpha value is -0.800. The van der Waals surface area contributed by atoms with Gasteiger partial charge in [-0.1, -0.05) is 78.6 Å². The first-order valence-corrected chi connectivity index (χ1v) is 13.4. The highest BCUT2D eigenvalue weighted by atomic mass is 32.2. The van der Waals surface area contributed by atoms with E-state index in [0.29, 0.717) is 18.2 Å². The van der Waals surface area contributed by atoms with Crippen molar-refractivity contribution < 1.29 is 30.2 Å². The first kappa shape index (κ1) is 28.2. The topological polar surface area (TPSA) is 43.4 Å². The van der Waals surface area contributed by atoms with Crippen LogP contribution in [0.1, 0.15) is 85.0 Å². The SMILES string of the molecule is CCCCCCCCCCCCSc1c(F)c(F)c(S(=O)(=O)OCC(C)C)c(F)c1F. The van der Waals surface area contributed by atoms with Crippen molar-refractivity contribution in [2.24, 2.45) is 5.92 Å². The van der Waals surface area contributed by atoms with Crippen LogP contribution < -0.4 is 0 Å². The van der Waals surface area contributed by atoms with Crippen LogP contribution in [-0.2, 0) is 14.3 Å². The zero-order valence-electron chi connectivity index (χ0n) is 18.6. The van der Waals surface area contributed by atoms with E-state index in [1.54, 1.807) is 13.8 Å².